The largest absolute Gasteiger partial charge is 0.395 e. The third-order valence-electron chi connectivity index (χ3n) is 3.16. The Morgan fingerprint density at radius 3 is 2.89 bits per heavy atom. The van der Waals surface area contributed by atoms with Gasteiger partial charge in [0.2, 0.25) is 0 Å². The standard InChI is InChI=1S/C11H17N3O4/c1-7-4-14(11(17)12-10(7)16)5-9-3-8(6-15)13(2)18-9/h4,8-9,15H,3,5-6H2,1-2H3,(H,12,16,17)/t8-,9+/m0/s1. The number of aromatic nitrogens is 2. The molecular weight excluding hydrogens is 238 g/mol. The lowest BCUT2D eigenvalue weighted by molar-refractivity contribution is -0.151. The summed E-state index contributed by atoms with van der Waals surface area (Å²) in [5, 5.41) is 10.7. The van der Waals surface area contributed by atoms with Crippen LogP contribution in [0.2, 0.25) is 0 Å². The molecule has 2 rings (SSSR count). The van der Waals surface area contributed by atoms with E-state index in [1.807, 2.05) is 0 Å². The van der Waals surface area contributed by atoms with Gasteiger partial charge >= 0.3 is 5.69 Å². The molecule has 1 aromatic rings. The first-order valence-corrected chi connectivity index (χ1v) is 5.82. The van der Waals surface area contributed by atoms with Crippen molar-refractivity contribution in [3.05, 3.63) is 32.6 Å². The molecule has 0 unspecified atom stereocenters. The summed E-state index contributed by atoms with van der Waals surface area (Å²) in [6, 6.07) is -0.0467. The van der Waals surface area contributed by atoms with Crippen molar-refractivity contribution in [1.82, 2.24) is 14.6 Å². The molecule has 0 aliphatic carbocycles. The van der Waals surface area contributed by atoms with Crippen molar-refractivity contribution >= 4 is 0 Å². The molecule has 1 saturated heterocycles. The van der Waals surface area contributed by atoms with Gasteiger partial charge in [-0.1, -0.05) is 0 Å². The smallest absolute Gasteiger partial charge is 0.328 e. The monoisotopic (exact) mass is 255 g/mol. The molecule has 0 amide bonds. The van der Waals surface area contributed by atoms with Gasteiger partial charge in [0.05, 0.1) is 25.3 Å². The van der Waals surface area contributed by atoms with Crippen molar-refractivity contribution in [1.29, 1.82) is 0 Å². The van der Waals surface area contributed by atoms with E-state index in [4.69, 9.17) is 9.94 Å². The number of hydrogen-bond donors (Lipinski definition) is 2. The van der Waals surface area contributed by atoms with Gasteiger partial charge in [0.15, 0.2) is 0 Å². The van der Waals surface area contributed by atoms with E-state index in [0.29, 0.717) is 18.5 Å². The normalized spacial score (nSPS) is 24.6. The van der Waals surface area contributed by atoms with Gasteiger partial charge in [-0.15, -0.1) is 0 Å². The molecule has 0 saturated carbocycles. The first kappa shape index (κ1) is 13.0. The number of rotatable bonds is 3. The van der Waals surface area contributed by atoms with E-state index in [1.54, 1.807) is 19.0 Å². The molecule has 1 aliphatic rings. The summed E-state index contributed by atoms with van der Waals surface area (Å²) >= 11 is 0. The van der Waals surface area contributed by atoms with E-state index in [0.717, 1.165) is 0 Å². The van der Waals surface area contributed by atoms with E-state index < -0.39 is 5.69 Å². The van der Waals surface area contributed by atoms with Crippen molar-refractivity contribution in [2.45, 2.75) is 32.0 Å². The molecule has 100 valence electrons. The zero-order valence-corrected chi connectivity index (χ0v) is 10.4. The van der Waals surface area contributed by atoms with E-state index in [2.05, 4.69) is 4.98 Å². The Morgan fingerprint density at radius 1 is 1.56 bits per heavy atom. The van der Waals surface area contributed by atoms with Gasteiger partial charge in [-0.2, -0.15) is 5.06 Å². The third kappa shape index (κ3) is 2.53. The Kier molecular flexibility index (Phi) is 3.65. The van der Waals surface area contributed by atoms with Crippen LogP contribution in [-0.4, -0.2) is 45.5 Å². The predicted octanol–water partition coefficient (Wildman–Crippen LogP) is -1.16. The van der Waals surface area contributed by atoms with E-state index in [9.17, 15) is 9.59 Å². The fourth-order valence-electron chi connectivity index (χ4n) is 2.09. The van der Waals surface area contributed by atoms with Gasteiger partial charge in [0, 0.05) is 18.8 Å². The minimum atomic E-state index is -0.440. The predicted molar refractivity (Wildman–Crippen MR) is 64.2 cm³/mol. The molecule has 2 N–H and O–H groups in total. The fraction of sp³-hybridized carbons (Fsp3) is 0.636. The summed E-state index contributed by atoms with van der Waals surface area (Å²) in [5.41, 5.74) is -0.321. The lowest BCUT2D eigenvalue weighted by Crippen LogP contribution is -2.34. The van der Waals surface area contributed by atoms with Gasteiger partial charge in [-0.25, -0.2) is 4.79 Å². The van der Waals surface area contributed by atoms with Crippen molar-refractivity contribution in [3.8, 4) is 0 Å². The quantitative estimate of drug-likeness (QED) is 0.711. The first-order valence-electron chi connectivity index (χ1n) is 5.82. The number of aliphatic hydroxyl groups is 1. The molecule has 0 radical (unpaired) electrons. The van der Waals surface area contributed by atoms with Crippen LogP contribution in [0.3, 0.4) is 0 Å². The second-order valence-corrected chi connectivity index (χ2v) is 4.57. The number of aryl methyl sites for hydroxylation is 1. The first-order chi connectivity index (χ1) is 8.51. The molecule has 1 aliphatic heterocycles. The zero-order chi connectivity index (χ0) is 13.3. The molecule has 1 aromatic heterocycles. The third-order valence-corrected chi connectivity index (χ3v) is 3.16. The lowest BCUT2D eigenvalue weighted by atomic mass is 10.1. The summed E-state index contributed by atoms with van der Waals surface area (Å²) in [6.45, 7) is 2.02. The van der Waals surface area contributed by atoms with Gasteiger partial charge < -0.3 is 5.11 Å². The minimum absolute atomic E-state index is 0.0204. The molecule has 7 heteroatoms. The zero-order valence-electron chi connectivity index (χ0n) is 10.4. The molecule has 2 atom stereocenters. The topological polar surface area (TPSA) is 87.6 Å². The lowest BCUT2D eigenvalue weighted by Gasteiger charge is -2.14. The Morgan fingerprint density at radius 2 is 2.28 bits per heavy atom. The molecule has 1 fully saturated rings. The van der Waals surface area contributed by atoms with E-state index in [1.165, 1.54) is 10.8 Å². The van der Waals surface area contributed by atoms with Gasteiger partial charge in [-0.05, 0) is 13.3 Å². The van der Waals surface area contributed by atoms with Crippen LogP contribution in [0.4, 0.5) is 0 Å². The Labute approximate surface area is 104 Å². The molecule has 18 heavy (non-hydrogen) atoms. The van der Waals surface area contributed by atoms with Gasteiger partial charge in [0.25, 0.3) is 5.56 Å². The van der Waals surface area contributed by atoms with Crippen LogP contribution in [-0.2, 0) is 11.4 Å². The highest BCUT2D eigenvalue weighted by molar-refractivity contribution is 5.01. The molecule has 0 bridgehead atoms. The number of nitrogens with one attached hydrogen (secondary N) is 1. The number of hydroxylamine groups is 2. The van der Waals surface area contributed by atoms with Crippen molar-refractivity contribution in [2.24, 2.45) is 0 Å². The Bertz CT molecular complexity index is 536. The highest BCUT2D eigenvalue weighted by atomic mass is 16.7. The second-order valence-electron chi connectivity index (χ2n) is 4.57. The average Bonchev–Trinajstić information content (AvgIpc) is 2.66. The number of hydrogen-bond acceptors (Lipinski definition) is 5. The molecular formula is C11H17N3O4. The average molecular weight is 255 g/mol. The number of H-pyrrole nitrogens is 1. The number of nitrogens with zero attached hydrogens (tertiary/aromatic N) is 2. The minimum Gasteiger partial charge on any atom is -0.395 e. The molecule has 7 nitrogen and oxygen atoms in total. The van der Waals surface area contributed by atoms with Crippen LogP contribution >= 0.6 is 0 Å². The maximum absolute atomic E-state index is 11.6. The van der Waals surface area contributed by atoms with Gasteiger partial charge in [0.1, 0.15) is 0 Å². The summed E-state index contributed by atoms with van der Waals surface area (Å²) in [5.74, 6) is 0. The van der Waals surface area contributed by atoms with E-state index >= 15 is 0 Å². The second kappa shape index (κ2) is 5.05. The van der Waals surface area contributed by atoms with E-state index in [-0.39, 0.29) is 24.3 Å². The fourth-order valence-corrected chi connectivity index (χ4v) is 2.09. The number of aliphatic hydroxyl groups excluding tert-OH is 1. The highest BCUT2D eigenvalue weighted by Crippen LogP contribution is 2.19. The van der Waals surface area contributed by atoms with Crippen LogP contribution in [0.25, 0.3) is 0 Å². The van der Waals surface area contributed by atoms with Crippen molar-refractivity contribution < 1.29 is 9.94 Å². The maximum Gasteiger partial charge on any atom is 0.328 e. The highest BCUT2D eigenvalue weighted by Gasteiger charge is 2.30. The molecule has 0 aromatic carbocycles. The summed E-state index contributed by atoms with van der Waals surface area (Å²) in [4.78, 5) is 30.6. The van der Waals surface area contributed by atoms with Crippen molar-refractivity contribution in [3.63, 3.8) is 0 Å². The molecule has 0 spiro atoms. The summed E-state index contributed by atoms with van der Waals surface area (Å²) in [7, 11) is 1.75. The van der Waals surface area contributed by atoms with Crippen molar-refractivity contribution in [2.75, 3.05) is 13.7 Å². The number of aromatic amines is 1. The van der Waals surface area contributed by atoms with Crippen LogP contribution in [0, 0.1) is 6.92 Å². The Hall–Kier alpha value is -1.44. The van der Waals surface area contributed by atoms with Crippen LogP contribution in [0.5, 0.6) is 0 Å². The van der Waals surface area contributed by atoms with Crippen LogP contribution in [0.1, 0.15) is 12.0 Å². The SMILES string of the molecule is Cc1cn(C[C@H]2C[C@@H](CO)N(C)O2)c(=O)[nH]c1=O. The molecule has 2 heterocycles. The maximum atomic E-state index is 11.6. The van der Waals surface area contributed by atoms with Gasteiger partial charge in [-0.3, -0.25) is 19.2 Å². The number of likely N-dealkylation sites (N-methyl/N-ethyl adjacent to an activating group) is 1. The summed E-state index contributed by atoms with van der Waals surface area (Å²) in [6.07, 6.45) is 2.00. The van der Waals surface area contributed by atoms with Crippen LogP contribution in [0.15, 0.2) is 15.8 Å². The Balaban J connectivity index is 2.14. The van der Waals surface area contributed by atoms with Crippen LogP contribution < -0.4 is 11.2 Å². The summed E-state index contributed by atoms with van der Waals surface area (Å²) < 4.78 is 1.43.